The van der Waals surface area contributed by atoms with Gasteiger partial charge in [0.15, 0.2) is 0 Å². The van der Waals surface area contributed by atoms with Crippen molar-refractivity contribution in [3.05, 3.63) is 71.7 Å². The van der Waals surface area contributed by atoms with Gasteiger partial charge in [-0.05, 0) is 62.2 Å². The Bertz CT molecular complexity index is 1150. The number of ether oxygens (including phenoxy) is 1. The van der Waals surface area contributed by atoms with Crippen LogP contribution < -0.4 is 4.74 Å². The summed E-state index contributed by atoms with van der Waals surface area (Å²) in [6.07, 6.45) is 6.69. The smallest absolute Gasteiger partial charge is 0.132 e. The highest BCUT2D eigenvalue weighted by atomic mass is 16.5. The second-order valence-electron chi connectivity index (χ2n) is 8.36. The van der Waals surface area contributed by atoms with Crippen LogP contribution in [0.1, 0.15) is 29.0 Å². The summed E-state index contributed by atoms with van der Waals surface area (Å²) in [7, 11) is 2.19. The van der Waals surface area contributed by atoms with Crippen LogP contribution in [0.2, 0.25) is 0 Å². The Morgan fingerprint density at radius 3 is 2.70 bits per heavy atom. The fraction of sp³-hybridized carbons (Fsp3) is 0.333. The molecular weight excluding hydrogens is 374 g/mol. The van der Waals surface area contributed by atoms with E-state index < -0.39 is 0 Å². The number of aromatic nitrogens is 4. The van der Waals surface area contributed by atoms with Gasteiger partial charge < -0.3 is 14.6 Å². The molecule has 30 heavy (non-hydrogen) atoms. The quantitative estimate of drug-likeness (QED) is 0.556. The van der Waals surface area contributed by atoms with Gasteiger partial charge in [-0.2, -0.15) is 0 Å². The van der Waals surface area contributed by atoms with E-state index in [4.69, 9.17) is 4.74 Å². The summed E-state index contributed by atoms with van der Waals surface area (Å²) >= 11 is 0. The fourth-order valence-corrected chi connectivity index (χ4v) is 4.64. The van der Waals surface area contributed by atoms with Gasteiger partial charge in [-0.25, -0.2) is 4.68 Å². The van der Waals surface area contributed by atoms with Crippen LogP contribution in [0.3, 0.4) is 0 Å². The molecule has 6 nitrogen and oxygen atoms in total. The van der Waals surface area contributed by atoms with Crippen LogP contribution in [0.25, 0.3) is 16.6 Å². The Morgan fingerprint density at radius 2 is 1.93 bits per heavy atom. The van der Waals surface area contributed by atoms with Crippen molar-refractivity contribution >= 4 is 10.9 Å². The van der Waals surface area contributed by atoms with E-state index in [0.717, 1.165) is 36.5 Å². The first-order valence-corrected chi connectivity index (χ1v) is 10.5. The Labute approximate surface area is 176 Å². The summed E-state index contributed by atoms with van der Waals surface area (Å²) in [5.74, 6) is 1.32. The van der Waals surface area contributed by atoms with Crippen molar-refractivity contribution in [1.29, 1.82) is 0 Å². The first-order chi connectivity index (χ1) is 14.6. The zero-order valence-corrected chi connectivity index (χ0v) is 17.7. The van der Waals surface area contributed by atoms with E-state index in [1.54, 1.807) is 10.9 Å². The Balaban J connectivity index is 1.46. The maximum absolute atomic E-state index is 6.76. The molecule has 0 bridgehead atoms. The van der Waals surface area contributed by atoms with Gasteiger partial charge in [-0.1, -0.05) is 23.4 Å². The summed E-state index contributed by atoms with van der Waals surface area (Å²) in [6, 6.07) is 13.0. The number of H-pyrrole nitrogens is 1. The van der Waals surface area contributed by atoms with Crippen LogP contribution in [0.4, 0.5) is 0 Å². The van der Waals surface area contributed by atoms with Gasteiger partial charge in [0.05, 0.1) is 23.6 Å². The number of nitrogens with zero attached hydrogens (tertiary/aromatic N) is 4. The average molecular weight is 402 g/mol. The molecule has 1 saturated heterocycles. The first-order valence-electron chi connectivity index (χ1n) is 10.5. The van der Waals surface area contributed by atoms with Crippen molar-refractivity contribution in [2.24, 2.45) is 0 Å². The molecule has 0 amide bonds. The van der Waals surface area contributed by atoms with Crippen LogP contribution in [0.5, 0.6) is 5.75 Å². The molecule has 1 aliphatic rings. The number of fused-ring (bicyclic) bond motifs is 1. The molecule has 2 atom stereocenters. The van der Waals surface area contributed by atoms with E-state index in [2.05, 4.69) is 77.5 Å². The molecule has 3 heterocycles. The number of likely N-dealkylation sites (tertiary alicyclic amines) is 1. The summed E-state index contributed by atoms with van der Waals surface area (Å²) < 4.78 is 8.54. The maximum atomic E-state index is 6.76. The van der Waals surface area contributed by atoms with Crippen molar-refractivity contribution in [3.63, 3.8) is 0 Å². The lowest BCUT2D eigenvalue weighted by atomic mass is 9.87. The van der Waals surface area contributed by atoms with Gasteiger partial charge in [0.2, 0.25) is 0 Å². The van der Waals surface area contributed by atoms with Gasteiger partial charge >= 0.3 is 0 Å². The number of aryl methyl sites for hydroxylation is 2. The molecule has 0 saturated carbocycles. The lowest BCUT2D eigenvalue weighted by Crippen LogP contribution is -2.42. The lowest BCUT2D eigenvalue weighted by molar-refractivity contribution is 0.0909. The van der Waals surface area contributed by atoms with Crippen LogP contribution in [0.15, 0.2) is 55.0 Å². The molecule has 0 aliphatic carbocycles. The number of hydrogen-bond donors (Lipinski definition) is 1. The number of piperidine rings is 1. The topological polar surface area (TPSA) is 59.0 Å². The van der Waals surface area contributed by atoms with E-state index in [1.165, 1.54) is 22.1 Å². The van der Waals surface area contributed by atoms with Crippen molar-refractivity contribution in [2.45, 2.75) is 32.3 Å². The molecule has 154 valence electrons. The van der Waals surface area contributed by atoms with E-state index in [0.29, 0.717) is 5.92 Å². The van der Waals surface area contributed by atoms with E-state index in [9.17, 15) is 0 Å². The molecule has 1 N–H and O–H groups in total. The van der Waals surface area contributed by atoms with Gasteiger partial charge in [0.25, 0.3) is 0 Å². The average Bonchev–Trinajstić information content (AvgIpc) is 3.44. The molecule has 4 aromatic rings. The van der Waals surface area contributed by atoms with Crippen molar-refractivity contribution in [3.8, 4) is 11.4 Å². The number of nitrogens with one attached hydrogen (secondary N) is 1. The van der Waals surface area contributed by atoms with E-state index in [1.807, 2.05) is 12.4 Å². The monoisotopic (exact) mass is 401 g/mol. The molecule has 1 aliphatic heterocycles. The standard InChI is InChI=1S/C24H27N5O/c1-16-14-17(2)24(20-8-10-25-23(16)20)30-22-9-12-28(3)15-21(22)18-4-6-19(7-5-18)29-13-11-26-27-29/h4-8,10-11,13-14,21-22,25H,9,12,15H2,1-3H3/t21?,22-/m1/s1. The van der Waals surface area contributed by atoms with Crippen LogP contribution >= 0.6 is 0 Å². The second-order valence-corrected chi connectivity index (χ2v) is 8.36. The fourth-order valence-electron chi connectivity index (χ4n) is 4.64. The predicted octanol–water partition coefficient (Wildman–Crippen LogP) is 4.23. The van der Waals surface area contributed by atoms with Crippen molar-refractivity contribution in [1.82, 2.24) is 24.9 Å². The van der Waals surface area contributed by atoms with Crippen LogP contribution in [-0.2, 0) is 0 Å². The third kappa shape index (κ3) is 3.37. The Morgan fingerprint density at radius 1 is 1.10 bits per heavy atom. The van der Waals surface area contributed by atoms with Gasteiger partial charge in [0.1, 0.15) is 11.9 Å². The summed E-state index contributed by atoms with van der Waals surface area (Å²) in [5.41, 5.74) is 5.92. The minimum atomic E-state index is 0.137. The molecule has 0 spiro atoms. The van der Waals surface area contributed by atoms with E-state index in [-0.39, 0.29) is 6.10 Å². The SMILES string of the molecule is Cc1cc(C)c2[nH]ccc2c1O[C@@H]1CCN(C)CC1c1ccc(-n2ccnn2)cc1. The zero-order valence-electron chi connectivity index (χ0n) is 17.7. The molecular formula is C24H27N5O. The largest absolute Gasteiger partial charge is 0.489 e. The van der Waals surface area contributed by atoms with E-state index >= 15 is 0 Å². The summed E-state index contributed by atoms with van der Waals surface area (Å²) in [4.78, 5) is 5.75. The summed E-state index contributed by atoms with van der Waals surface area (Å²) in [6.45, 7) is 6.31. The third-order valence-corrected chi connectivity index (χ3v) is 6.21. The highest BCUT2D eigenvalue weighted by Gasteiger charge is 2.31. The number of benzene rings is 2. The van der Waals surface area contributed by atoms with Gasteiger partial charge in [-0.15, -0.1) is 5.10 Å². The zero-order chi connectivity index (χ0) is 20.7. The normalized spacial score (nSPS) is 20.0. The van der Waals surface area contributed by atoms with Gasteiger partial charge in [-0.3, -0.25) is 0 Å². The molecule has 5 rings (SSSR count). The first kappa shape index (κ1) is 18.9. The number of hydrogen-bond acceptors (Lipinski definition) is 4. The minimum Gasteiger partial charge on any atom is -0.489 e. The Kier molecular flexibility index (Phi) is 4.79. The second kappa shape index (κ2) is 7.61. The van der Waals surface area contributed by atoms with Crippen molar-refractivity contribution in [2.75, 3.05) is 20.1 Å². The number of likely N-dealkylation sites (N-methyl/N-ethyl adjacent to an activating group) is 1. The number of rotatable bonds is 4. The van der Waals surface area contributed by atoms with Crippen LogP contribution in [-0.4, -0.2) is 51.1 Å². The molecule has 1 unspecified atom stereocenters. The highest BCUT2D eigenvalue weighted by molar-refractivity contribution is 5.89. The molecule has 2 aromatic heterocycles. The third-order valence-electron chi connectivity index (χ3n) is 6.21. The number of aromatic amines is 1. The van der Waals surface area contributed by atoms with Crippen molar-refractivity contribution < 1.29 is 4.74 Å². The highest BCUT2D eigenvalue weighted by Crippen LogP contribution is 2.36. The molecule has 1 fully saturated rings. The van der Waals surface area contributed by atoms with Crippen LogP contribution in [0, 0.1) is 13.8 Å². The Hall–Kier alpha value is -3.12. The lowest BCUT2D eigenvalue weighted by Gasteiger charge is -2.37. The predicted molar refractivity (Wildman–Crippen MR) is 118 cm³/mol. The molecule has 6 heteroatoms. The minimum absolute atomic E-state index is 0.137. The maximum Gasteiger partial charge on any atom is 0.132 e. The summed E-state index contributed by atoms with van der Waals surface area (Å²) in [5, 5.41) is 9.15. The molecule has 0 radical (unpaired) electrons. The molecule has 2 aromatic carbocycles. The van der Waals surface area contributed by atoms with Gasteiger partial charge in [0, 0.05) is 30.6 Å².